The summed E-state index contributed by atoms with van der Waals surface area (Å²) in [4.78, 5) is 22.2. The van der Waals surface area contributed by atoms with Gasteiger partial charge in [0.2, 0.25) is 31.1 Å². The molecule has 0 aliphatic carbocycles. The van der Waals surface area contributed by atoms with Gasteiger partial charge >= 0.3 is 11.9 Å². The minimum Gasteiger partial charge on any atom is -0.476 e. The number of sulfone groups is 2. The zero-order valence-electron chi connectivity index (χ0n) is 26.0. The molecule has 18 heteroatoms. The summed E-state index contributed by atoms with van der Waals surface area (Å²) >= 11 is 0. The van der Waals surface area contributed by atoms with Crippen LogP contribution in [0.3, 0.4) is 0 Å². The molecule has 2 aromatic heterocycles. The number of carboxylic acids is 2. The van der Waals surface area contributed by atoms with Crippen molar-refractivity contribution < 1.29 is 46.1 Å². The van der Waals surface area contributed by atoms with Gasteiger partial charge in [0.15, 0.2) is 0 Å². The van der Waals surface area contributed by atoms with E-state index in [1.54, 1.807) is 12.1 Å². The van der Waals surface area contributed by atoms with Crippen molar-refractivity contribution in [3.05, 3.63) is 120 Å². The van der Waals surface area contributed by atoms with Crippen molar-refractivity contribution in [3.8, 4) is 56.7 Å². The third-order valence-corrected chi connectivity index (χ3v) is 9.34. The zero-order chi connectivity index (χ0) is 36.9. The lowest BCUT2D eigenvalue weighted by Crippen LogP contribution is -2.00. The largest absolute Gasteiger partial charge is 0.476 e. The van der Waals surface area contributed by atoms with Crippen LogP contribution in [0.25, 0.3) is 11.1 Å². The summed E-state index contributed by atoms with van der Waals surface area (Å²) in [5.41, 5.74) is 0.547. The summed E-state index contributed by atoms with van der Waals surface area (Å²) in [6.45, 7) is 0. The standard InChI is InChI=1S/C34H20N6O10S2/c41-33(42)29-31(37-39-35-29)49-25-12-10-21(11-13-25)14-16-51(45,46)27-8-2-5-23(19-27)24-6-3-9-28(20-24)52(47,48)17-15-22-4-1-7-26(18-22)50-32-30(34(43)44)36-40-38-32/h1-13,18-20H,(H,41,42)(H,43,44)(H,35,37,39)(H,36,38,40). The number of hydrogen-bond acceptors (Lipinski definition) is 12. The van der Waals surface area contributed by atoms with Gasteiger partial charge in [0, 0.05) is 21.6 Å². The normalized spacial score (nSPS) is 11.0. The molecule has 0 saturated carbocycles. The van der Waals surface area contributed by atoms with Crippen LogP contribution in [0.4, 0.5) is 0 Å². The first kappa shape index (κ1) is 34.6. The molecule has 52 heavy (non-hydrogen) atoms. The number of nitrogens with one attached hydrogen (secondary N) is 2. The molecule has 2 heterocycles. The molecule has 0 spiro atoms. The van der Waals surface area contributed by atoms with E-state index in [0.29, 0.717) is 16.7 Å². The van der Waals surface area contributed by atoms with Crippen LogP contribution in [-0.2, 0) is 19.7 Å². The van der Waals surface area contributed by atoms with Gasteiger partial charge in [-0.1, -0.05) is 40.8 Å². The fourth-order valence-electron chi connectivity index (χ4n) is 4.39. The van der Waals surface area contributed by atoms with Gasteiger partial charge < -0.3 is 19.7 Å². The van der Waals surface area contributed by atoms with Crippen LogP contribution in [0.15, 0.2) is 107 Å². The quantitative estimate of drug-likeness (QED) is 0.153. The van der Waals surface area contributed by atoms with Crippen molar-refractivity contribution >= 4 is 31.6 Å². The number of carboxylic acid groups (broad SMARTS) is 2. The van der Waals surface area contributed by atoms with Gasteiger partial charge in [0.1, 0.15) is 11.5 Å². The highest BCUT2D eigenvalue weighted by molar-refractivity contribution is 7.96. The summed E-state index contributed by atoms with van der Waals surface area (Å²) in [5, 5.41) is 41.2. The maximum absolute atomic E-state index is 13.2. The molecule has 0 saturated heterocycles. The fraction of sp³-hybridized carbons (Fsp3) is 0. The molecule has 0 unspecified atom stereocenters. The second-order valence-electron chi connectivity index (χ2n) is 10.4. The van der Waals surface area contributed by atoms with Crippen molar-refractivity contribution in [1.29, 1.82) is 0 Å². The Morgan fingerprint density at radius 1 is 0.577 bits per heavy atom. The minimum atomic E-state index is -4.16. The lowest BCUT2D eigenvalue weighted by molar-refractivity contribution is 0.0676. The predicted molar refractivity (Wildman–Crippen MR) is 180 cm³/mol. The van der Waals surface area contributed by atoms with E-state index < -0.39 is 43.0 Å². The number of H-pyrrole nitrogens is 2. The lowest BCUT2D eigenvalue weighted by atomic mass is 10.1. The average Bonchev–Trinajstić information content (AvgIpc) is 3.81. The highest BCUT2D eigenvalue weighted by Gasteiger charge is 2.19. The summed E-state index contributed by atoms with van der Waals surface area (Å²) in [6, 6.07) is 23.5. The molecule has 0 atom stereocenters. The number of benzene rings is 4. The van der Waals surface area contributed by atoms with Gasteiger partial charge in [-0.15, -0.1) is 10.2 Å². The summed E-state index contributed by atoms with van der Waals surface area (Å²) in [6.07, 6.45) is 0. The highest BCUT2D eigenvalue weighted by atomic mass is 32.2. The van der Waals surface area contributed by atoms with E-state index in [0.717, 1.165) is 0 Å². The Balaban J connectivity index is 1.17. The second-order valence-corrected chi connectivity index (χ2v) is 13.7. The Morgan fingerprint density at radius 2 is 1.06 bits per heavy atom. The SMILES string of the molecule is O=C(O)c1nn[nH]c1Oc1ccc(C#CS(=O)(=O)c2cccc(-c3cccc(S(=O)(=O)C#Cc4cccc(Oc5[nH]nnc5C(=O)O)c4)c3)c2)cc1. The Labute approximate surface area is 293 Å². The van der Waals surface area contributed by atoms with Crippen molar-refractivity contribution in [1.82, 2.24) is 30.8 Å². The maximum atomic E-state index is 13.2. The molecule has 0 fully saturated rings. The van der Waals surface area contributed by atoms with Gasteiger partial charge in [-0.2, -0.15) is 0 Å². The monoisotopic (exact) mass is 736 g/mol. The zero-order valence-corrected chi connectivity index (χ0v) is 27.6. The second kappa shape index (κ2) is 14.3. The van der Waals surface area contributed by atoms with Crippen LogP contribution in [0.2, 0.25) is 0 Å². The molecule has 0 amide bonds. The van der Waals surface area contributed by atoms with E-state index in [2.05, 4.69) is 53.2 Å². The van der Waals surface area contributed by atoms with Crippen LogP contribution in [0.5, 0.6) is 23.3 Å². The Hall–Kier alpha value is -7.28. The number of aromatic carboxylic acids is 2. The molecule has 16 nitrogen and oxygen atoms in total. The molecule has 6 aromatic rings. The first-order chi connectivity index (χ1) is 24.9. The number of aromatic amines is 2. The number of carbonyl (C=O) groups is 2. The summed E-state index contributed by atoms with van der Waals surface area (Å²) in [5.74, 6) is 2.45. The Bertz CT molecular complexity index is 2700. The van der Waals surface area contributed by atoms with E-state index in [1.165, 1.54) is 84.9 Å². The smallest absolute Gasteiger partial charge is 0.362 e. The minimum absolute atomic E-state index is 0.123. The van der Waals surface area contributed by atoms with Crippen LogP contribution in [-0.4, -0.2) is 69.8 Å². The van der Waals surface area contributed by atoms with Gasteiger partial charge in [0.25, 0.3) is 11.8 Å². The molecule has 6 rings (SSSR count). The fourth-order valence-corrected chi connectivity index (χ4v) is 6.21. The Kier molecular flexibility index (Phi) is 9.50. The van der Waals surface area contributed by atoms with Crippen LogP contribution < -0.4 is 9.47 Å². The third-order valence-electron chi connectivity index (χ3n) is 6.85. The molecular weight excluding hydrogens is 717 g/mol. The topological polar surface area (TPSA) is 244 Å². The lowest BCUT2D eigenvalue weighted by Gasteiger charge is -2.06. The number of rotatable bonds is 9. The van der Waals surface area contributed by atoms with Crippen LogP contribution in [0, 0.1) is 22.3 Å². The molecule has 4 N–H and O–H groups in total. The van der Waals surface area contributed by atoms with E-state index in [4.69, 9.17) is 14.6 Å². The maximum Gasteiger partial charge on any atom is 0.362 e. The van der Waals surface area contributed by atoms with E-state index in [-0.39, 0.29) is 38.6 Å². The Morgan fingerprint density at radius 3 is 1.58 bits per heavy atom. The molecule has 0 radical (unpaired) electrons. The number of aromatic nitrogens is 6. The summed E-state index contributed by atoms with van der Waals surface area (Å²) in [7, 11) is -8.29. The number of hydrogen-bond donors (Lipinski definition) is 4. The van der Waals surface area contributed by atoms with Crippen LogP contribution in [0.1, 0.15) is 32.1 Å². The van der Waals surface area contributed by atoms with Gasteiger partial charge in [-0.05, 0) is 89.7 Å². The first-order valence-electron chi connectivity index (χ1n) is 14.5. The molecule has 0 bridgehead atoms. The van der Waals surface area contributed by atoms with E-state index in [9.17, 15) is 31.5 Å². The van der Waals surface area contributed by atoms with Crippen molar-refractivity contribution in [3.63, 3.8) is 0 Å². The van der Waals surface area contributed by atoms with E-state index in [1.807, 2.05) is 0 Å². The van der Waals surface area contributed by atoms with Crippen LogP contribution >= 0.6 is 0 Å². The predicted octanol–water partition coefficient (Wildman–Crippen LogP) is 4.14. The highest BCUT2D eigenvalue weighted by Crippen LogP contribution is 2.27. The molecule has 4 aromatic carbocycles. The third kappa shape index (κ3) is 7.95. The average molecular weight is 737 g/mol. The molecule has 258 valence electrons. The number of nitrogens with zero attached hydrogens (tertiary/aromatic N) is 4. The first-order valence-corrected chi connectivity index (χ1v) is 17.5. The van der Waals surface area contributed by atoms with Gasteiger partial charge in [0.05, 0.1) is 9.79 Å². The van der Waals surface area contributed by atoms with Gasteiger partial charge in [-0.3, -0.25) is 0 Å². The molecule has 0 aliphatic rings. The molecular formula is C34H20N6O10S2. The number of ether oxygens (including phenoxy) is 2. The van der Waals surface area contributed by atoms with Gasteiger partial charge in [-0.25, -0.2) is 36.6 Å². The molecule has 0 aliphatic heterocycles. The van der Waals surface area contributed by atoms with Crippen molar-refractivity contribution in [2.45, 2.75) is 9.79 Å². The van der Waals surface area contributed by atoms with E-state index >= 15 is 0 Å². The summed E-state index contributed by atoms with van der Waals surface area (Å²) < 4.78 is 63.6. The van der Waals surface area contributed by atoms with Crippen molar-refractivity contribution in [2.24, 2.45) is 0 Å². The van der Waals surface area contributed by atoms with Crippen molar-refractivity contribution in [2.75, 3.05) is 0 Å².